The molecule has 0 saturated heterocycles. The molecule has 1 aliphatic heterocycles. The number of carbonyl (C=O) groups excluding carboxylic acids is 1. The third-order valence-electron chi connectivity index (χ3n) is 6.07. The van der Waals surface area contributed by atoms with Gasteiger partial charge in [-0.3, -0.25) is 14.6 Å². The number of carbonyl (C=O) groups is 1. The maximum Gasteiger partial charge on any atom is 0.275 e. The highest BCUT2D eigenvalue weighted by atomic mass is 35.5. The SMILES string of the molecule is Cc1cn(-c2ccc3n(c2=O)CCN([C@@H](C)c2cccc(-c4ccc(Cl)c(Cl)c4)n2)C3=O)cn1. The Balaban J connectivity index is 1.44. The van der Waals surface area contributed by atoms with Crippen LogP contribution >= 0.6 is 23.2 Å². The van der Waals surface area contributed by atoms with E-state index < -0.39 is 0 Å². The monoisotopic (exact) mass is 493 g/mol. The molecule has 9 heteroatoms. The van der Waals surface area contributed by atoms with Gasteiger partial charge in [0.2, 0.25) is 0 Å². The molecule has 172 valence electrons. The molecule has 0 unspecified atom stereocenters. The summed E-state index contributed by atoms with van der Waals surface area (Å²) in [6.07, 6.45) is 3.39. The van der Waals surface area contributed by atoms with E-state index in [2.05, 4.69) is 4.98 Å². The zero-order valence-corrected chi connectivity index (χ0v) is 20.1. The van der Waals surface area contributed by atoms with E-state index in [1.807, 2.05) is 38.1 Å². The third-order valence-corrected chi connectivity index (χ3v) is 6.81. The molecule has 1 amide bonds. The molecule has 1 atom stereocenters. The Hall–Kier alpha value is -3.42. The summed E-state index contributed by atoms with van der Waals surface area (Å²) in [6, 6.07) is 14.1. The number of hydrogen-bond donors (Lipinski definition) is 0. The molecule has 0 bridgehead atoms. The fraction of sp³-hybridized carbons (Fsp3) is 0.200. The molecule has 0 spiro atoms. The summed E-state index contributed by atoms with van der Waals surface area (Å²) >= 11 is 12.2. The number of amides is 1. The van der Waals surface area contributed by atoms with Crippen LogP contribution in [0.5, 0.6) is 0 Å². The van der Waals surface area contributed by atoms with Crippen LogP contribution in [-0.2, 0) is 6.54 Å². The second-order valence-electron chi connectivity index (χ2n) is 8.23. The van der Waals surface area contributed by atoms with Crippen molar-refractivity contribution in [3.05, 3.63) is 98.5 Å². The van der Waals surface area contributed by atoms with Crippen LogP contribution in [0.2, 0.25) is 10.0 Å². The summed E-state index contributed by atoms with van der Waals surface area (Å²) in [7, 11) is 0. The average Bonchev–Trinajstić information content (AvgIpc) is 3.27. The summed E-state index contributed by atoms with van der Waals surface area (Å²) in [5.41, 5.74) is 3.76. The summed E-state index contributed by atoms with van der Waals surface area (Å²) in [6.45, 7) is 4.60. The molecule has 34 heavy (non-hydrogen) atoms. The van der Waals surface area contributed by atoms with Crippen molar-refractivity contribution in [3.63, 3.8) is 0 Å². The van der Waals surface area contributed by atoms with E-state index >= 15 is 0 Å². The van der Waals surface area contributed by atoms with Crippen molar-refractivity contribution >= 4 is 29.1 Å². The van der Waals surface area contributed by atoms with Gasteiger partial charge in [-0.25, -0.2) is 4.98 Å². The van der Waals surface area contributed by atoms with E-state index in [4.69, 9.17) is 28.2 Å². The van der Waals surface area contributed by atoms with Crippen molar-refractivity contribution in [3.8, 4) is 16.9 Å². The molecular weight excluding hydrogens is 473 g/mol. The predicted octanol–water partition coefficient (Wildman–Crippen LogP) is 4.93. The minimum absolute atomic E-state index is 0.203. The first-order valence-electron chi connectivity index (χ1n) is 10.8. The highest BCUT2D eigenvalue weighted by molar-refractivity contribution is 6.42. The Kier molecular flexibility index (Phi) is 5.75. The predicted molar refractivity (Wildman–Crippen MR) is 132 cm³/mol. The first-order chi connectivity index (χ1) is 16.3. The first kappa shape index (κ1) is 22.4. The number of rotatable bonds is 4. The highest BCUT2D eigenvalue weighted by Gasteiger charge is 2.30. The van der Waals surface area contributed by atoms with E-state index in [0.717, 1.165) is 22.6 Å². The Morgan fingerprint density at radius 2 is 1.82 bits per heavy atom. The van der Waals surface area contributed by atoms with Crippen molar-refractivity contribution in [2.75, 3.05) is 6.54 Å². The van der Waals surface area contributed by atoms with Gasteiger partial charge in [0.1, 0.15) is 11.4 Å². The number of pyridine rings is 2. The van der Waals surface area contributed by atoms with Crippen molar-refractivity contribution in [1.29, 1.82) is 0 Å². The first-order valence-corrected chi connectivity index (χ1v) is 11.6. The lowest BCUT2D eigenvalue weighted by molar-refractivity contribution is 0.0624. The number of benzene rings is 1. The number of halogens is 2. The van der Waals surface area contributed by atoms with Crippen molar-refractivity contribution < 1.29 is 4.79 Å². The molecule has 1 aromatic carbocycles. The summed E-state index contributed by atoms with van der Waals surface area (Å²) in [4.78, 5) is 37.2. The second-order valence-corrected chi connectivity index (χ2v) is 9.05. The Bertz CT molecular complexity index is 1480. The van der Waals surface area contributed by atoms with Gasteiger partial charge in [-0.2, -0.15) is 0 Å². The molecule has 4 aromatic rings. The molecule has 0 saturated carbocycles. The molecule has 7 nitrogen and oxygen atoms in total. The summed E-state index contributed by atoms with van der Waals surface area (Å²) in [5.74, 6) is -0.203. The van der Waals surface area contributed by atoms with E-state index in [1.165, 1.54) is 4.57 Å². The highest BCUT2D eigenvalue weighted by Crippen LogP contribution is 2.29. The van der Waals surface area contributed by atoms with Gasteiger partial charge in [0.05, 0.1) is 39.5 Å². The molecule has 4 heterocycles. The summed E-state index contributed by atoms with van der Waals surface area (Å²) in [5, 5.41) is 0.937. The lowest BCUT2D eigenvalue weighted by Gasteiger charge is -2.34. The number of imidazole rings is 1. The fourth-order valence-electron chi connectivity index (χ4n) is 4.21. The van der Waals surface area contributed by atoms with Gasteiger partial charge in [0.25, 0.3) is 11.5 Å². The van der Waals surface area contributed by atoms with E-state index in [0.29, 0.717) is 34.5 Å². The van der Waals surface area contributed by atoms with E-state index in [1.54, 1.807) is 46.3 Å². The quantitative estimate of drug-likeness (QED) is 0.404. The molecule has 0 fully saturated rings. The van der Waals surface area contributed by atoms with Crippen LogP contribution in [0, 0.1) is 6.92 Å². The average molecular weight is 494 g/mol. The lowest BCUT2D eigenvalue weighted by Crippen LogP contribution is -2.46. The largest absolute Gasteiger partial charge is 0.327 e. The minimum atomic E-state index is -0.282. The van der Waals surface area contributed by atoms with Gasteiger partial charge >= 0.3 is 0 Å². The van der Waals surface area contributed by atoms with Crippen LogP contribution in [0.1, 0.15) is 34.8 Å². The van der Waals surface area contributed by atoms with Crippen LogP contribution in [0.4, 0.5) is 0 Å². The zero-order valence-electron chi connectivity index (χ0n) is 18.6. The van der Waals surface area contributed by atoms with E-state index in [-0.39, 0.29) is 17.5 Å². The number of hydrogen-bond acceptors (Lipinski definition) is 4. The van der Waals surface area contributed by atoms with Crippen LogP contribution in [0.25, 0.3) is 16.9 Å². The Labute approximate surface area is 206 Å². The Morgan fingerprint density at radius 3 is 2.56 bits per heavy atom. The van der Waals surface area contributed by atoms with Gasteiger partial charge < -0.3 is 14.0 Å². The zero-order chi connectivity index (χ0) is 24.0. The van der Waals surface area contributed by atoms with Gasteiger partial charge in [0.15, 0.2) is 0 Å². The van der Waals surface area contributed by atoms with Crippen LogP contribution < -0.4 is 5.56 Å². The number of aromatic nitrogens is 4. The number of aryl methyl sites for hydroxylation is 1. The van der Waals surface area contributed by atoms with Gasteiger partial charge in [-0.15, -0.1) is 0 Å². The number of nitrogens with zero attached hydrogens (tertiary/aromatic N) is 5. The smallest absolute Gasteiger partial charge is 0.275 e. The maximum absolute atomic E-state index is 13.4. The maximum atomic E-state index is 13.4. The Morgan fingerprint density at radius 1 is 1.00 bits per heavy atom. The third kappa shape index (κ3) is 3.91. The minimum Gasteiger partial charge on any atom is -0.327 e. The van der Waals surface area contributed by atoms with Crippen LogP contribution in [0.3, 0.4) is 0 Å². The molecular formula is C25H21Cl2N5O2. The fourth-order valence-corrected chi connectivity index (χ4v) is 4.51. The van der Waals surface area contributed by atoms with Crippen molar-refractivity contribution in [2.45, 2.75) is 26.4 Å². The van der Waals surface area contributed by atoms with Gasteiger partial charge in [-0.05, 0) is 50.2 Å². The standard InChI is InChI=1S/C25H21Cl2N5O2/c1-15-13-30(14-28-15)22-8-9-23-25(34)31(10-11-32(23)24(22)33)16(2)20-4-3-5-21(29-20)17-6-7-18(26)19(27)12-17/h3-9,12-14,16H,10-11H2,1-2H3/t16-/m0/s1. The molecule has 0 radical (unpaired) electrons. The molecule has 5 rings (SSSR count). The van der Waals surface area contributed by atoms with Gasteiger partial charge in [-0.1, -0.05) is 35.3 Å². The molecule has 0 N–H and O–H groups in total. The number of fused-ring (bicyclic) bond motifs is 1. The van der Waals surface area contributed by atoms with Crippen LogP contribution in [0.15, 0.2) is 65.8 Å². The second kappa shape index (κ2) is 8.74. The molecule has 0 aliphatic carbocycles. The van der Waals surface area contributed by atoms with Crippen molar-refractivity contribution in [2.24, 2.45) is 0 Å². The molecule has 3 aromatic heterocycles. The van der Waals surface area contributed by atoms with Gasteiger partial charge in [0, 0.05) is 24.8 Å². The summed E-state index contributed by atoms with van der Waals surface area (Å²) < 4.78 is 3.22. The van der Waals surface area contributed by atoms with Crippen LogP contribution in [-0.4, -0.2) is 36.5 Å². The van der Waals surface area contributed by atoms with E-state index in [9.17, 15) is 9.59 Å². The normalized spacial score (nSPS) is 14.2. The molecule has 1 aliphatic rings. The van der Waals surface area contributed by atoms with Crippen molar-refractivity contribution in [1.82, 2.24) is 24.0 Å². The lowest BCUT2D eigenvalue weighted by atomic mass is 10.1. The topological polar surface area (TPSA) is 73.0 Å².